The smallest absolute Gasteiger partial charge is 0.157 e. The number of hydrogen-bond acceptors (Lipinski definition) is 3. The summed E-state index contributed by atoms with van der Waals surface area (Å²) < 4.78 is 0. The summed E-state index contributed by atoms with van der Waals surface area (Å²) in [5, 5.41) is 13.5. The van der Waals surface area contributed by atoms with E-state index in [1.807, 2.05) is 60.7 Å². The van der Waals surface area contributed by atoms with Crippen LogP contribution in [0, 0.1) is 11.3 Å². The summed E-state index contributed by atoms with van der Waals surface area (Å²) in [4.78, 5) is 11.6. The topological polar surface area (TPSA) is 52.9 Å². The number of benzene rings is 2. The zero-order valence-electron chi connectivity index (χ0n) is 14.2. The van der Waals surface area contributed by atoms with Crippen LogP contribution in [0.4, 0.5) is 0 Å². The first-order valence-corrected chi connectivity index (χ1v) is 8.74. The first-order chi connectivity index (χ1) is 12.2. The van der Waals surface area contributed by atoms with Crippen molar-refractivity contribution < 1.29 is 4.79 Å². The van der Waals surface area contributed by atoms with E-state index in [-0.39, 0.29) is 5.78 Å². The number of nitrogens with one attached hydrogen (secondary N) is 1. The van der Waals surface area contributed by atoms with Gasteiger partial charge in [-0.2, -0.15) is 5.26 Å². The van der Waals surface area contributed by atoms with Crippen molar-refractivity contribution in [3.8, 4) is 6.07 Å². The quantitative estimate of drug-likeness (QED) is 0.867. The Morgan fingerprint density at radius 1 is 0.960 bits per heavy atom. The molecule has 0 spiro atoms. The lowest BCUT2D eigenvalue weighted by molar-refractivity contribution is -0.115. The molecule has 3 rings (SSSR count). The van der Waals surface area contributed by atoms with Crippen LogP contribution in [0.2, 0.25) is 0 Å². The third-order valence-electron chi connectivity index (χ3n) is 4.78. The molecule has 0 bridgehead atoms. The summed E-state index contributed by atoms with van der Waals surface area (Å²) in [6.45, 7) is 0.649. The molecule has 2 aromatic rings. The minimum absolute atomic E-state index is 0.186. The predicted molar refractivity (Wildman–Crippen MR) is 98.8 cm³/mol. The van der Waals surface area contributed by atoms with Gasteiger partial charge in [-0.15, -0.1) is 0 Å². The van der Waals surface area contributed by atoms with E-state index in [1.54, 1.807) is 6.08 Å². The fourth-order valence-corrected chi connectivity index (χ4v) is 3.43. The van der Waals surface area contributed by atoms with Gasteiger partial charge >= 0.3 is 0 Å². The van der Waals surface area contributed by atoms with Crippen molar-refractivity contribution in [2.24, 2.45) is 0 Å². The van der Waals surface area contributed by atoms with Gasteiger partial charge in [0, 0.05) is 24.7 Å². The lowest BCUT2D eigenvalue weighted by Crippen LogP contribution is -2.31. The van der Waals surface area contributed by atoms with E-state index in [1.165, 1.54) is 0 Å². The normalized spacial score (nSPS) is 14.5. The summed E-state index contributed by atoms with van der Waals surface area (Å²) in [7, 11) is 0. The van der Waals surface area contributed by atoms with Crippen molar-refractivity contribution in [2.45, 2.75) is 31.1 Å². The number of rotatable bonds is 6. The molecular formula is C22H22N2O. The minimum atomic E-state index is -0.700. The lowest BCUT2D eigenvalue weighted by Gasteiger charge is -2.28. The molecule has 1 aliphatic rings. The summed E-state index contributed by atoms with van der Waals surface area (Å²) in [5.74, 6) is 0.186. The Labute approximate surface area is 149 Å². The maximum atomic E-state index is 11.6. The molecule has 0 fully saturated rings. The average molecular weight is 330 g/mol. The number of carbonyl (C=O) groups excluding carboxylic acids is 1. The summed E-state index contributed by atoms with van der Waals surface area (Å²) in [5.41, 5.74) is 2.29. The van der Waals surface area contributed by atoms with Crippen LogP contribution in [0.1, 0.15) is 36.8 Å². The fourth-order valence-electron chi connectivity index (χ4n) is 3.43. The van der Waals surface area contributed by atoms with Gasteiger partial charge in [-0.05, 0) is 30.4 Å². The van der Waals surface area contributed by atoms with Crippen LogP contribution < -0.4 is 5.32 Å². The molecule has 25 heavy (non-hydrogen) atoms. The number of ketones is 1. The number of nitriles is 1. The predicted octanol–water partition coefficient (Wildman–Crippen LogP) is 4.11. The van der Waals surface area contributed by atoms with Crippen LogP contribution in [0.15, 0.2) is 72.4 Å². The number of allylic oxidation sites excluding steroid dienone is 2. The molecule has 3 heteroatoms. The Balaban J connectivity index is 1.85. The van der Waals surface area contributed by atoms with Crippen LogP contribution in [-0.2, 0) is 10.2 Å². The molecule has 2 aromatic carbocycles. The van der Waals surface area contributed by atoms with E-state index < -0.39 is 5.41 Å². The van der Waals surface area contributed by atoms with Gasteiger partial charge in [0.25, 0.3) is 0 Å². The Kier molecular flexibility index (Phi) is 5.30. The van der Waals surface area contributed by atoms with Gasteiger partial charge in [-0.3, -0.25) is 4.79 Å². The van der Waals surface area contributed by atoms with E-state index in [0.29, 0.717) is 19.4 Å². The van der Waals surface area contributed by atoms with Gasteiger partial charge in [0.05, 0.1) is 6.07 Å². The first kappa shape index (κ1) is 17.0. The molecule has 1 N–H and O–H groups in total. The van der Waals surface area contributed by atoms with Crippen LogP contribution in [-0.4, -0.2) is 12.3 Å². The van der Waals surface area contributed by atoms with Crippen molar-refractivity contribution in [1.82, 2.24) is 5.32 Å². The lowest BCUT2D eigenvalue weighted by atomic mass is 9.73. The van der Waals surface area contributed by atoms with Crippen LogP contribution in [0.3, 0.4) is 0 Å². The monoisotopic (exact) mass is 330 g/mol. The second-order valence-electron chi connectivity index (χ2n) is 6.42. The average Bonchev–Trinajstić information content (AvgIpc) is 2.67. The molecular weight excluding hydrogens is 308 g/mol. The van der Waals surface area contributed by atoms with E-state index in [0.717, 1.165) is 29.7 Å². The van der Waals surface area contributed by atoms with Crippen molar-refractivity contribution in [1.29, 1.82) is 5.26 Å². The molecule has 0 aromatic heterocycles. The molecule has 0 radical (unpaired) electrons. The van der Waals surface area contributed by atoms with Crippen molar-refractivity contribution in [2.75, 3.05) is 6.54 Å². The van der Waals surface area contributed by atoms with E-state index in [4.69, 9.17) is 0 Å². The highest BCUT2D eigenvalue weighted by Crippen LogP contribution is 2.35. The largest absolute Gasteiger partial charge is 0.388 e. The third-order valence-corrected chi connectivity index (χ3v) is 4.78. The van der Waals surface area contributed by atoms with E-state index >= 15 is 0 Å². The molecule has 0 heterocycles. The van der Waals surface area contributed by atoms with Crippen LogP contribution in [0.5, 0.6) is 0 Å². The highest BCUT2D eigenvalue weighted by molar-refractivity contribution is 5.91. The Morgan fingerprint density at radius 3 is 2.08 bits per heavy atom. The summed E-state index contributed by atoms with van der Waals surface area (Å²) in [6, 6.07) is 22.4. The molecule has 0 atom stereocenters. The highest BCUT2D eigenvalue weighted by atomic mass is 16.1. The van der Waals surface area contributed by atoms with Crippen LogP contribution >= 0.6 is 0 Å². The first-order valence-electron chi connectivity index (χ1n) is 8.74. The van der Waals surface area contributed by atoms with Crippen molar-refractivity contribution in [3.63, 3.8) is 0 Å². The van der Waals surface area contributed by atoms with Gasteiger partial charge in [0.15, 0.2) is 5.78 Å². The molecule has 3 nitrogen and oxygen atoms in total. The number of hydrogen-bond donors (Lipinski definition) is 1. The molecule has 0 saturated heterocycles. The number of nitrogens with zero attached hydrogens (tertiary/aromatic N) is 1. The van der Waals surface area contributed by atoms with Crippen molar-refractivity contribution in [3.05, 3.63) is 83.6 Å². The summed E-state index contributed by atoms with van der Waals surface area (Å²) >= 11 is 0. The highest BCUT2D eigenvalue weighted by Gasteiger charge is 2.34. The van der Waals surface area contributed by atoms with Gasteiger partial charge < -0.3 is 5.32 Å². The minimum Gasteiger partial charge on any atom is -0.388 e. The molecule has 0 saturated carbocycles. The molecule has 0 aliphatic heterocycles. The fraction of sp³-hybridized carbons (Fsp3) is 0.273. The molecule has 0 amide bonds. The maximum absolute atomic E-state index is 11.6. The zero-order valence-corrected chi connectivity index (χ0v) is 14.2. The third kappa shape index (κ3) is 3.80. The van der Waals surface area contributed by atoms with Gasteiger partial charge in [-0.1, -0.05) is 60.7 Å². The molecule has 1 aliphatic carbocycles. The maximum Gasteiger partial charge on any atom is 0.157 e. The SMILES string of the molecule is N#CC(CCNC1=CC(=O)CCC1)(c1ccccc1)c1ccccc1. The van der Waals surface area contributed by atoms with Crippen molar-refractivity contribution >= 4 is 5.78 Å². The van der Waals surface area contributed by atoms with E-state index in [9.17, 15) is 10.1 Å². The van der Waals surface area contributed by atoms with Gasteiger partial charge in [-0.25, -0.2) is 0 Å². The zero-order chi connectivity index (χ0) is 17.5. The molecule has 0 unspecified atom stereocenters. The summed E-state index contributed by atoms with van der Waals surface area (Å²) in [6.07, 6.45) is 4.80. The van der Waals surface area contributed by atoms with Crippen LogP contribution in [0.25, 0.3) is 0 Å². The van der Waals surface area contributed by atoms with Gasteiger partial charge in [0.2, 0.25) is 0 Å². The van der Waals surface area contributed by atoms with Gasteiger partial charge in [0.1, 0.15) is 5.41 Å². The Bertz CT molecular complexity index is 748. The Morgan fingerprint density at radius 2 is 1.56 bits per heavy atom. The number of carbonyl (C=O) groups is 1. The second-order valence-corrected chi connectivity index (χ2v) is 6.42. The standard InChI is InChI=1S/C22H22N2O/c23-17-22(18-8-3-1-4-9-18,19-10-5-2-6-11-19)14-15-24-20-12-7-13-21(25)16-20/h1-6,8-11,16,24H,7,12-15H2. The molecule has 126 valence electrons. The van der Waals surface area contributed by atoms with E-state index in [2.05, 4.69) is 11.4 Å². The second kappa shape index (κ2) is 7.81. The Hall–Kier alpha value is -2.86.